The van der Waals surface area contributed by atoms with Crippen LogP contribution in [0.3, 0.4) is 0 Å². The summed E-state index contributed by atoms with van der Waals surface area (Å²) in [4.78, 5) is 3.80. The molecule has 70 valence electrons. The standard InChI is InChI=1S/C6H3F3IN3/c7-6(8,9)4-1-5-11-3-10-13(5)12-2-4/h1-3H. The number of hydrazone groups is 1. The molecular weight excluding hydrogens is 298 g/mol. The highest BCUT2D eigenvalue weighted by molar-refractivity contribution is 14.2. The second-order valence-corrected chi connectivity index (χ2v) is 4.31. The van der Waals surface area contributed by atoms with Crippen LogP contribution in [0.25, 0.3) is 0 Å². The van der Waals surface area contributed by atoms with Crippen LogP contribution in [0.2, 0.25) is 0 Å². The summed E-state index contributed by atoms with van der Waals surface area (Å²) in [5, 5.41) is 3.65. The maximum absolute atomic E-state index is 12.2. The molecule has 0 aromatic carbocycles. The molecule has 2 aliphatic heterocycles. The van der Waals surface area contributed by atoms with Crippen LogP contribution >= 0.6 is 21.0 Å². The third-order valence-corrected chi connectivity index (χ3v) is 3.22. The van der Waals surface area contributed by atoms with Gasteiger partial charge in [0.05, 0.1) is 15.9 Å². The van der Waals surface area contributed by atoms with Crippen LogP contribution in [-0.2, 0) is 0 Å². The number of alkyl halides is 3. The fourth-order valence-corrected chi connectivity index (χ4v) is 2.29. The molecule has 2 rings (SSSR count). The van der Waals surface area contributed by atoms with E-state index in [-0.39, 0.29) is 0 Å². The smallest absolute Gasteiger partial charge is 0.229 e. The van der Waals surface area contributed by atoms with E-state index in [1.54, 1.807) is 4.14 Å². The van der Waals surface area contributed by atoms with Crippen LogP contribution in [0.5, 0.6) is 0 Å². The van der Waals surface area contributed by atoms with Gasteiger partial charge in [0.1, 0.15) is 0 Å². The molecule has 0 fully saturated rings. The van der Waals surface area contributed by atoms with E-state index in [0.29, 0.717) is 5.84 Å². The van der Waals surface area contributed by atoms with Gasteiger partial charge in [0.2, 0.25) is 0 Å². The Kier molecular flexibility index (Phi) is 1.97. The number of hydrogen-bond acceptors (Lipinski definition) is 3. The molecule has 0 aromatic heterocycles. The summed E-state index contributed by atoms with van der Waals surface area (Å²) in [6.45, 7) is 0. The Morgan fingerprint density at radius 3 is 2.85 bits per heavy atom. The number of amidine groups is 1. The van der Waals surface area contributed by atoms with Crippen molar-refractivity contribution in [3.8, 4) is 0 Å². The summed E-state index contributed by atoms with van der Waals surface area (Å²) in [5.74, 6) is 0.294. The number of rotatable bonds is 0. The third kappa shape index (κ3) is 1.64. The second-order valence-electron chi connectivity index (χ2n) is 2.28. The second kappa shape index (κ2) is 2.89. The highest BCUT2D eigenvalue weighted by Crippen LogP contribution is 2.29. The Hall–Kier alpha value is -0.730. The fraction of sp³-hybridized carbons (Fsp3) is 0.167. The highest BCUT2D eigenvalue weighted by atomic mass is 127. The minimum atomic E-state index is -4.33. The molecule has 7 heteroatoms. The van der Waals surface area contributed by atoms with Gasteiger partial charge < -0.3 is 0 Å². The lowest BCUT2D eigenvalue weighted by Crippen LogP contribution is -2.23. The molecule has 0 unspecified atom stereocenters. The molecule has 0 saturated heterocycles. The van der Waals surface area contributed by atoms with Gasteiger partial charge in [-0.1, -0.05) is 0 Å². The van der Waals surface area contributed by atoms with Gasteiger partial charge in [0.15, 0.2) is 5.84 Å². The van der Waals surface area contributed by atoms with Crippen molar-refractivity contribution >= 4 is 37.2 Å². The highest BCUT2D eigenvalue weighted by Gasteiger charge is 2.35. The molecule has 3 nitrogen and oxygen atoms in total. The molecule has 0 spiro atoms. The minimum Gasteiger partial charge on any atom is -0.229 e. The molecule has 0 bridgehead atoms. The molecule has 2 aliphatic rings. The topological polar surface area (TPSA) is 28.0 Å². The molecule has 0 aromatic rings. The van der Waals surface area contributed by atoms with Crippen molar-refractivity contribution in [3.05, 3.63) is 11.6 Å². The summed E-state index contributed by atoms with van der Waals surface area (Å²) in [7, 11) is 0. The Labute approximate surface area is 81.7 Å². The number of fused-ring (bicyclic) bond motifs is 1. The van der Waals surface area contributed by atoms with Gasteiger partial charge in [-0.15, -0.1) is 0 Å². The van der Waals surface area contributed by atoms with Gasteiger partial charge >= 0.3 is 6.18 Å². The van der Waals surface area contributed by atoms with E-state index >= 15 is 0 Å². The number of hydrogen-bond donors (Lipinski definition) is 0. The zero-order valence-corrected chi connectivity index (χ0v) is 8.24. The maximum Gasteiger partial charge on any atom is 0.418 e. The van der Waals surface area contributed by atoms with E-state index in [4.69, 9.17) is 0 Å². The first-order valence-electron chi connectivity index (χ1n) is 3.23. The summed E-state index contributed by atoms with van der Waals surface area (Å²) >= 11 is -0.480. The molecule has 0 amide bonds. The number of aliphatic imine (C=N–C) groups is 1. The molecule has 0 N–H and O–H groups in total. The molecular formula is C6H3F3IN3. The van der Waals surface area contributed by atoms with Gasteiger partial charge in [-0.05, 0) is 6.08 Å². The van der Waals surface area contributed by atoms with E-state index in [2.05, 4.69) is 10.1 Å². The summed E-state index contributed by atoms with van der Waals surface area (Å²) in [6, 6.07) is 0. The van der Waals surface area contributed by atoms with Gasteiger partial charge in [0, 0.05) is 21.0 Å². The predicted molar refractivity (Wildman–Crippen MR) is 52.0 cm³/mol. The normalized spacial score (nSPS) is 20.7. The van der Waals surface area contributed by atoms with Crippen molar-refractivity contribution in [3.63, 3.8) is 0 Å². The van der Waals surface area contributed by atoms with Crippen LogP contribution in [0, 0.1) is 0 Å². The van der Waals surface area contributed by atoms with E-state index < -0.39 is 32.8 Å². The minimum absolute atomic E-state index is 0.294. The third-order valence-electron chi connectivity index (χ3n) is 1.42. The Morgan fingerprint density at radius 1 is 1.38 bits per heavy atom. The van der Waals surface area contributed by atoms with Crippen molar-refractivity contribution in [2.45, 2.75) is 6.18 Å². The van der Waals surface area contributed by atoms with Gasteiger partial charge in [-0.3, -0.25) is 0 Å². The average Bonchev–Trinajstić information content (AvgIpc) is 2.47. The van der Waals surface area contributed by atoms with Gasteiger partial charge in [-0.2, -0.15) is 21.5 Å². The monoisotopic (exact) mass is 301 g/mol. The predicted octanol–water partition coefficient (Wildman–Crippen LogP) is 1.83. The van der Waals surface area contributed by atoms with Crippen molar-refractivity contribution < 1.29 is 13.2 Å². The number of halogens is 4. The molecule has 2 heterocycles. The Balaban J connectivity index is 2.32. The maximum atomic E-state index is 12.2. The van der Waals surface area contributed by atoms with Crippen molar-refractivity contribution in [2.24, 2.45) is 10.1 Å². The van der Waals surface area contributed by atoms with Gasteiger partial charge in [-0.25, -0.2) is 4.99 Å². The zero-order valence-electron chi connectivity index (χ0n) is 6.09. The number of nitrogens with zero attached hydrogens (tertiary/aromatic N) is 3. The first-order chi connectivity index (χ1) is 6.07. The largest absolute Gasteiger partial charge is 0.418 e. The quantitative estimate of drug-likeness (QED) is 0.495. The number of allylic oxidation sites excluding steroid dienone is 1. The average molecular weight is 301 g/mol. The first kappa shape index (κ1) is 8.85. The van der Waals surface area contributed by atoms with Crippen LogP contribution in [0.4, 0.5) is 13.2 Å². The van der Waals surface area contributed by atoms with Crippen LogP contribution in [0.15, 0.2) is 21.7 Å². The lowest BCUT2D eigenvalue weighted by Gasteiger charge is -2.15. The van der Waals surface area contributed by atoms with E-state index in [0.717, 1.165) is 12.3 Å². The van der Waals surface area contributed by atoms with Crippen LogP contribution < -0.4 is 0 Å². The van der Waals surface area contributed by atoms with Crippen LogP contribution in [0.1, 0.15) is 0 Å². The summed E-state index contributed by atoms with van der Waals surface area (Å²) < 4.78 is 39.6. The molecule has 0 atom stereocenters. The molecule has 13 heavy (non-hydrogen) atoms. The SMILES string of the molecule is FC(F)(F)C1=CC2=NC=IN2N=C1. The Bertz CT molecular complexity index is 353. The Morgan fingerprint density at radius 2 is 2.15 bits per heavy atom. The van der Waals surface area contributed by atoms with E-state index in [1.807, 2.05) is 0 Å². The lowest BCUT2D eigenvalue weighted by atomic mass is 10.2. The first-order valence-corrected chi connectivity index (χ1v) is 5.44. The molecule has 0 aliphatic carbocycles. The summed E-state index contributed by atoms with van der Waals surface area (Å²) in [6.07, 6.45) is -2.49. The molecule has 0 radical (unpaired) electrons. The zero-order chi connectivity index (χ0) is 9.47. The molecule has 0 saturated carbocycles. The summed E-state index contributed by atoms with van der Waals surface area (Å²) in [5.41, 5.74) is -0.748. The fourth-order valence-electron chi connectivity index (χ4n) is 0.830. The van der Waals surface area contributed by atoms with Crippen molar-refractivity contribution in [1.82, 2.24) is 3.22 Å². The lowest BCUT2D eigenvalue weighted by molar-refractivity contribution is -0.0856. The van der Waals surface area contributed by atoms with E-state index in [1.165, 1.54) is 3.22 Å². The van der Waals surface area contributed by atoms with Crippen LogP contribution in [-0.4, -0.2) is 25.6 Å². The van der Waals surface area contributed by atoms with Gasteiger partial charge in [0.25, 0.3) is 0 Å². The van der Waals surface area contributed by atoms with Crippen molar-refractivity contribution in [1.29, 1.82) is 0 Å². The van der Waals surface area contributed by atoms with E-state index in [9.17, 15) is 13.2 Å². The van der Waals surface area contributed by atoms with Crippen molar-refractivity contribution in [2.75, 3.05) is 0 Å².